The Morgan fingerprint density at radius 3 is 2.73 bits per heavy atom. The van der Waals surface area contributed by atoms with Gasteiger partial charge in [0.1, 0.15) is 11.4 Å². The molecule has 0 N–H and O–H groups in total. The Hall–Kier alpha value is -2.52. The van der Waals surface area contributed by atoms with Crippen molar-refractivity contribution in [1.82, 2.24) is 9.38 Å². The maximum atomic E-state index is 6.04. The molecular weight excluding hydrogens is 296 g/mol. The molecule has 0 bridgehead atoms. The fourth-order valence-electron chi connectivity index (χ4n) is 2.76. The van der Waals surface area contributed by atoms with E-state index in [-0.39, 0.29) is 0 Å². The minimum atomic E-state index is 0.682. The highest BCUT2D eigenvalue weighted by atomic mass is 35.5. The molecule has 4 aromatic rings. The number of hydrogen-bond donors (Lipinski definition) is 0. The number of fused-ring (bicyclic) bond motifs is 2. The third kappa shape index (κ3) is 2.02. The molecule has 0 spiro atoms. The third-order valence-corrected chi connectivity index (χ3v) is 4.00. The summed E-state index contributed by atoms with van der Waals surface area (Å²) in [5.74, 6) is 0.840. The molecule has 2 aromatic carbocycles. The molecule has 0 aliphatic carbocycles. The van der Waals surface area contributed by atoms with Gasteiger partial charge in [-0.3, -0.25) is 0 Å². The van der Waals surface area contributed by atoms with Crippen LogP contribution in [0.1, 0.15) is 0 Å². The number of benzene rings is 2. The maximum absolute atomic E-state index is 6.04. The van der Waals surface area contributed by atoms with Crippen molar-refractivity contribution in [3.63, 3.8) is 0 Å². The highest BCUT2D eigenvalue weighted by molar-refractivity contribution is 6.30. The van der Waals surface area contributed by atoms with Crippen molar-refractivity contribution in [3.05, 3.63) is 65.9 Å². The van der Waals surface area contributed by atoms with Gasteiger partial charge in [-0.25, -0.2) is 4.98 Å². The van der Waals surface area contributed by atoms with Gasteiger partial charge in [0.25, 0.3) is 0 Å². The zero-order valence-electron chi connectivity index (χ0n) is 12.0. The maximum Gasteiger partial charge on any atom is 0.137 e. The Labute approximate surface area is 132 Å². The van der Waals surface area contributed by atoms with Gasteiger partial charge in [0.2, 0.25) is 0 Å². The Bertz CT molecular complexity index is 991. The van der Waals surface area contributed by atoms with Crippen LogP contribution in [0.3, 0.4) is 0 Å². The molecular formula is C18H13ClN2O. The highest BCUT2D eigenvalue weighted by Gasteiger charge is 2.13. The summed E-state index contributed by atoms with van der Waals surface area (Å²) in [6.45, 7) is 0. The van der Waals surface area contributed by atoms with E-state index in [4.69, 9.17) is 16.3 Å². The minimum Gasteiger partial charge on any atom is -0.495 e. The average molecular weight is 309 g/mol. The normalized spacial score (nSPS) is 11.2. The molecule has 2 heterocycles. The van der Waals surface area contributed by atoms with E-state index >= 15 is 0 Å². The van der Waals surface area contributed by atoms with Crippen LogP contribution >= 0.6 is 11.6 Å². The van der Waals surface area contributed by atoms with Crippen LogP contribution < -0.4 is 4.74 Å². The smallest absolute Gasteiger partial charge is 0.137 e. The fraction of sp³-hybridized carbons (Fsp3) is 0.0556. The first-order valence-electron chi connectivity index (χ1n) is 6.96. The molecule has 0 radical (unpaired) electrons. The van der Waals surface area contributed by atoms with Crippen LogP contribution in [0, 0.1) is 0 Å². The number of methoxy groups -OCH3 is 1. The average Bonchev–Trinajstić information content (AvgIpc) is 2.96. The van der Waals surface area contributed by atoms with Gasteiger partial charge in [-0.15, -0.1) is 0 Å². The van der Waals surface area contributed by atoms with Crippen LogP contribution in [0.2, 0.25) is 5.02 Å². The molecule has 22 heavy (non-hydrogen) atoms. The minimum absolute atomic E-state index is 0.682. The van der Waals surface area contributed by atoms with Gasteiger partial charge in [0.05, 0.1) is 17.8 Å². The van der Waals surface area contributed by atoms with E-state index in [1.54, 1.807) is 7.11 Å². The molecule has 0 fully saturated rings. The first-order valence-corrected chi connectivity index (χ1v) is 7.34. The summed E-state index contributed by atoms with van der Waals surface area (Å²) >= 11 is 6.04. The second-order valence-electron chi connectivity index (χ2n) is 5.11. The predicted molar refractivity (Wildman–Crippen MR) is 89.7 cm³/mol. The number of nitrogens with zero attached hydrogens (tertiary/aromatic N) is 2. The molecule has 4 rings (SSSR count). The van der Waals surface area contributed by atoms with E-state index in [9.17, 15) is 0 Å². The molecule has 0 saturated carbocycles. The lowest BCUT2D eigenvalue weighted by Crippen LogP contribution is -1.90. The second kappa shape index (κ2) is 5.04. The van der Waals surface area contributed by atoms with Crippen LogP contribution in [0.15, 0.2) is 60.9 Å². The van der Waals surface area contributed by atoms with Gasteiger partial charge in [0.15, 0.2) is 0 Å². The SMILES string of the molecule is COc1c(-c2cn3cc(Cl)ccc3n2)ccc2ccccc12. The molecule has 0 saturated heterocycles. The van der Waals surface area contributed by atoms with E-state index in [2.05, 4.69) is 23.2 Å². The van der Waals surface area contributed by atoms with Gasteiger partial charge in [-0.05, 0) is 23.6 Å². The summed E-state index contributed by atoms with van der Waals surface area (Å²) < 4.78 is 7.58. The van der Waals surface area contributed by atoms with Crippen LogP contribution in [-0.4, -0.2) is 16.5 Å². The zero-order valence-corrected chi connectivity index (χ0v) is 12.7. The van der Waals surface area contributed by atoms with Crippen molar-refractivity contribution in [3.8, 4) is 17.0 Å². The number of pyridine rings is 1. The van der Waals surface area contributed by atoms with Gasteiger partial charge in [0, 0.05) is 23.3 Å². The summed E-state index contributed by atoms with van der Waals surface area (Å²) in [4.78, 5) is 4.66. The van der Waals surface area contributed by atoms with Gasteiger partial charge in [-0.2, -0.15) is 0 Å². The van der Waals surface area contributed by atoms with Gasteiger partial charge in [-0.1, -0.05) is 41.9 Å². The standard InChI is InChI=1S/C18H13ClN2O/c1-22-18-14-5-3-2-4-12(14)6-8-15(18)16-11-21-10-13(19)7-9-17(21)20-16/h2-11H,1H3. The molecule has 108 valence electrons. The number of aromatic nitrogens is 2. The summed E-state index contributed by atoms with van der Waals surface area (Å²) in [5, 5.41) is 2.91. The third-order valence-electron chi connectivity index (χ3n) is 3.77. The number of ether oxygens (including phenoxy) is 1. The number of rotatable bonds is 2. The Balaban J connectivity index is 1.99. The van der Waals surface area contributed by atoms with E-state index in [0.29, 0.717) is 5.02 Å². The van der Waals surface area contributed by atoms with Crippen molar-refractivity contribution in [2.24, 2.45) is 0 Å². The summed E-state index contributed by atoms with van der Waals surface area (Å²) in [6.07, 6.45) is 3.81. The number of hydrogen-bond acceptors (Lipinski definition) is 2. The zero-order chi connectivity index (χ0) is 15.1. The first kappa shape index (κ1) is 13.2. The van der Waals surface area contributed by atoms with Gasteiger partial charge >= 0.3 is 0 Å². The van der Waals surface area contributed by atoms with E-state index in [1.165, 1.54) is 0 Å². The molecule has 3 nitrogen and oxygen atoms in total. The Kier molecular flexibility index (Phi) is 3.01. The first-order chi connectivity index (χ1) is 10.8. The highest BCUT2D eigenvalue weighted by Crippen LogP contribution is 2.36. The molecule has 0 atom stereocenters. The Morgan fingerprint density at radius 1 is 1.00 bits per heavy atom. The quantitative estimate of drug-likeness (QED) is 0.531. The van der Waals surface area contributed by atoms with Crippen LogP contribution in [-0.2, 0) is 0 Å². The summed E-state index contributed by atoms with van der Waals surface area (Å²) in [7, 11) is 1.69. The molecule has 0 aliphatic heterocycles. The summed E-state index contributed by atoms with van der Waals surface area (Å²) in [5.41, 5.74) is 2.69. The van der Waals surface area contributed by atoms with E-state index in [0.717, 1.165) is 33.4 Å². The Morgan fingerprint density at radius 2 is 1.86 bits per heavy atom. The van der Waals surface area contributed by atoms with Crippen LogP contribution in [0.25, 0.3) is 27.7 Å². The molecule has 0 amide bonds. The van der Waals surface area contributed by atoms with E-state index < -0.39 is 0 Å². The monoisotopic (exact) mass is 308 g/mol. The number of imidazole rings is 1. The molecule has 0 aliphatic rings. The second-order valence-corrected chi connectivity index (χ2v) is 5.54. The lowest BCUT2D eigenvalue weighted by atomic mass is 10.0. The number of halogens is 1. The lowest BCUT2D eigenvalue weighted by Gasteiger charge is -2.10. The lowest BCUT2D eigenvalue weighted by molar-refractivity contribution is 0.421. The molecule has 2 aromatic heterocycles. The predicted octanol–water partition coefficient (Wildman–Crippen LogP) is 4.82. The largest absolute Gasteiger partial charge is 0.495 e. The fourth-order valence-corrected chi connectivity index (χ4v) is 2.93. The van der Waals surface area contributed by atoms with Crippen molar-refractivity contribution < 1.29 is 4.74 Å². The molecule has 0 unspecified atom stereocenters. The van der Waals surface area contributed by atoms with Crippen molar-refractivity contribution in [2.45, 2.75) is 0 Å². The summed E-state index contributed by atoms with van der Waals surface area (Å²) in [6, 6.07) is 16.0. The van der Waals surface area contributed by atoms with Crippen molar-refractivity contribution in [1.29, 1.82) is 0 Å². The molecule has 4 heteroatoms. The van der Waals surface area contributed by atoms with E-state index in [1.807, 2.05) is 47.1 Å². The van der Waals surface area contributed by atoms with Crippen LogP contribution in [0.4, 0.5) is 0 Å². The van der Waals surface area contributed by atoms with Crippen LogP contribution in [0.5, 0.6) is 5.75 Å². The topological polar surface area (TPSA) is 26.5 Å². The van der Waals surface area contributed by atoms with Crippen molar-refractivity contribution >= 4 is 28.0 Å². The van der Waals surface area contributed by atoms with Crippen molar-refractivity contribution in [2.75, 3.05) is 7.11 Å². The van der Waals surface area contributed by atoms with Gasteiger partial charge < -0.3 is 9.14 Å².